The monoisotopic (exact) mass is 267 g/mol. The van der Waals surface area contributed by atoms with Crippen molar-refractivity contribution in [2.45, 2.75) is 32.6 Å². The van der Waals surface area contributed by atoms with Crippen molar-refractivity contribution >= 4 is 0 Å². The van der Waals surface area contributed by atoms with Gasteiger partial charge in [-0.1, -0.05) is 12.1 Å². The zero-order chi connectivity index (χ0) is 14.3. The van der Waals surface area contributed by atoms with Gasteiger partial charge in [-0.15, -0.1) is 0 Å². The molecule has 0 radical (unpaired) electrons. The Morgan fingerprint density at radius 3 is 2.68 bits per heavy atom. The van der Waals surface area contributed by atoms with Crippen LogP contribution in [-0.2, 0) is 11.3 Å². The molecule has 0 saturated carbocycles. The lowest BCUT2D eigenvalue weighted by Crippen LogP contribution is -2.32. The summed E-state index contributed by atoms with van der Waals surface area (Å²) in [5.41, 5.74) is 1.17. The number of ether oxygens (including phenoxy) is 2. The summed E-state index contributed by atoms with van der Waals surface area (Å²) in [6.07, 6.45) is -0.309. The van der Waals surface area contributed by atoms with E-state index in [9.17, 15) is 5.11 Å². The van der Waals surface area contributed by atoms with Crippen LogP contribution in [0.25, 0.3) is 0 Å². The Balaban J connectivity index is 2.39. The van der Waals surface area contributed by atoms with Gasteiger partial charge in [-0.2, -0.15) is 0 Å². The highest BCUT2D eigenvalue weighted by molar-refractivity contribution is 5.28. The van der Waals surface area contributed by atoms with Gasteiger partial charge in [0, 0.05) is 13.1 Å². The van der Waals surface area contributed by atoms with Gasteiger partial charge < -0.3 is 14.6 Å². The molecule has 1 aromatic carbocycles. The lowest BCUT2D eigenvalue weighted by molar-refractivity contribution is -0.00635. The highest BCUT2D eigenvalue weighted by atomic mass is 16.5. The van der Waals surface area contributed by atoms with Crippen LogP contribution in [0.5, 0.6) is 5.75 Å². The third kappa shape index (κ3) is 6.57. The third-order valence-electron chi connectivity index (χ3n) is 2.73. The van der Waals surface area contributed by atoms with Crippen LogP contribution in [0.3, 0.4) is 0 Å². The fourth-order valence-corrected chi connectivity index (χ4v) is 1.86. The van der Waals surface area contributed by atoms with E-state index in [0.717, 1.165) is 12.3 Å². The molecule has 1 N–H and O–H groups in total. The van der Waals surface area contributed by atoms with E-state index >= 15 is 0 Å². The Morgan fingerprint density at radius 2 is 2.05 bits per heavy atom. The molecule has 0 aliphatic carbocycles. The molecule has 4 heteroatoms. The Labute approximate surface area is 115 Å². The van der Waals surface area contributed by atoms with Crippen molar-refractivity contribution in [1.82, 2.24) is 4.90 Å². The van der Waals surface area contributed by atoms with Crippen LogP contribution < -0.4 is 4.74 Å². The van der Waals surface area contributed by atoms with Gasteiger partial charge in [-0.05, 0) is 38.6 Å². The van der Waals surface area contributed by atoms with Crippen LogP contribution in [0.1, 0.15) is 19.4 Å². The standard InChI is InChI=1S/C15H25NO3/c1-12(2)19-11-14(17)10-16(3)9-13-6-5-7-15(8-13)18-4/h5-8,12,14,17H,9-11H2,1-4H3/t14-/m0/s1. The topological polar surface area (TPSA) is 41.9 Å². The number of aliphatic hydroxyl groups excluding tert-OH is 1. The normalized spacial score (nSPS) is 13.0. The zero-order valence-electron chi connectivity index (χ0n) is 12.3. The van der Waals surface area contributed by atoms with Gasteiger partial charge in [-0.25, -0.2) is 0 Å². The zero-order valence-corrected chi connectivity index (χ0v) is 12.3. The SMILES string of the molecule is COc1cccc(CN(C)C[C@H](O)COC(C)C)c1. The first kappa shape index (κ1) is 16.0. The number of hydrogen-bond donors (Lipinski definition) is 1. The van der Waals surface area contributed by atoms with Gasteiger partial charge in [-0.3, -0.25) is 4.90 Å². The number of likely N-dealkylation sites (N-methyl/N-ethyl adjacent to an activating group) is 1. The lowest BCUT2D eigenvalue weighted by Gasteiger charge is -2.21. The van der Waals surface area contributed by atoms with E-state index < -0.39 is 6.10 Å². The highest BCUT2D eigenvalue weighted by Gasteiger charge is 2.10. The molecule has 0 aliphatic heterocycles. The van der Waals surface area contributed by atoms with Crippen LogP contribution in [0.4, 0.5) is 0 Å². The van der Waals surface area contributed by atoms with Crippen LogP contribution in [0.2, 0.25) is 0 Å². The van der Waals surface area contributed by atoms with E-state index in [-0.39, 0.29) is 6.10 Å². The highest BCUT2D eigenvalue weighted by Crippen LogP contribution is 2.13. The molecule has 1 aromatic rings. The molecule has 108 valence electrons. The summed E-state index contributed by atoms with van der Waals surface area (Å²) in [4.78, 5) is 2.07. The van der Waals surface area contributed by atoms with E-state index in [1.54, 1.807) is 7.11 Å². The summed E-state index contributed by atoms with van der Waals surface area (Å²) in [6.45, 7) is 5.67. The van der Waals surface area contributed by atoms with Gasteiger partial charge in [0.25, 0.3) is 0 Å². The van der Waals surface area contributed by atoms with Gasteiger partial charge in [0.05, 0.1) is 25.9 Å². The molecule has 19 heavy (non-hydrogen) atoms. The third-order valence-corrected chi connectivity index (χ3v) is 2.73. The summed E-state index contributed by atoms with van der Waals surface area (Å²) < 4.78 is 10.6. The number of methoxy groups -OCH3 is 1. The maximum atomic E-state index is 9.86. The second-order valence-corrected chi connectivity index (χ2v) is 5.08. The Hall–Kier alpha value is -1.10. The first-order valence-electron chi connectivity index (χ1n) is 6.62. The molecule has 1 rings (SSSR count). The molecule has 0 unspecified atom stereocenters. The molecule has 0 spiro atoms. The van der Waals surface area contributed by atoms with Crippen LogP contribution >= 0.6 is 0 Å². The fraction of sp³-hybridized carbons (Fsp3) is 0.600. The molecule has 0 bridgehead atoms. The van der Waals surface area contributed by atoms with Crippen molar-refractivity contribution < 1.29 is 14.6 Å². The Bertz CT molecular complexity index is 368. The number of aliphatic hydroxyl groups is 1. The average molecular weight is 267 g/mol. The molecule has 0 fully saturated rings. The van der Waals surface area contributed by atoms with Crippen molar-refractivity contribution in [3.63, 3.8) is 0 Å². The van der Waals surface area contributed by atoms with E-state index in [1.807, 2.05) is 39.1 Å². The minimum Gasteiger partial charge on any atom is -0.497 e. The molecule has 4 nitrogen and oxygen atoms in total. The Morgan fingerprint density at radius 1 is 1.32 bits per heavy atom. The van der Waals surface area contributed by atoms with E-state index in [1.165, 1.54) is 5.56 Å². The maximum absolute atomic E-state index is 9.86. The summed E-state index contributed by atoms with van der Waals surface area (Å²) in [6, 6.07) is 7.96. The number of benzene rings is 1. The van der Waals surface area contributed by atoms with Crippen molar-refractivity contribution in [2.24, 2.45) is 0 Å². The molecule has 0 aliphatic rings. The number of hydrogen-bond acceptors (Lipinski definition) is 4. The van der Waals surface area contributed by atoms with Crippen LogP contribution in [0.15, 0.2) is 24.3 Å². The van der Waals surface area contributed by atoms with E-state index in [4.69, 9.17) is 9.47 Å². The quantitative estimate of drug-likeness (QED) is 0.781. The van der Waals surface area contributed by atoms with Crippen LogP contribution in [0, 0.1) is 0 Å². The molecule has 1 atom stereocenters. The van der Waals surface area contributed by atoms with E-state index in [2.05, 4.69) is 11.0 Å². The molecular formula is C15H25NO3. The second-order valence-electron chi connectivity index (χ2n) is 5.08. The lowest BCUT2D eigenvalue weighted by atomic mass is 10.2. The average Bonchev–Trinajstić information content (AvgIpc) is 2.36. The predicted molar refractivity (Wildman–Crippen MR) is 76.4 cm³/mol. The van der Waals surface area contributed by atoms with Gasteiger partial charge >= 0.3 is 0 Å². The van der Waals surface area contributed by atoms with Crippen molar-refractivity contribution in [1.29, 1.82) is 0 Å². The molecule has 0 aromatic heterocycles. The summed E-state index contributed by atoms with van der Waals surface area (Å²) in [7, 11) is 3.65. The maximum Gasteiger partial charge on any atom is 0.119 e. The van der Waals surface area contributed by atoms with Gasteiger partial charge in [0.15, 0.2) is 0 Å². The van der Waals surface area contributed by atoms with E-state index in [0.29, 0.717) is 13.2 Å². The van der Waals surface area contributed by atoms with Crippen molar-refractivity contribution in [3.05, 3.63) is 29.8 Å². The van der Waals surface area contributed by atoms with Crippen LogP contribution in [-0.4, -0.2) is 49.5 Å². The molecular weight excluding hydrogens is 242 g/mol. The number of rotatable bonds is 8. The fourth-order valence-electron chi connectivity index (χ4n) is 1.86. The molecule has 0 amide bonds. The predicted octanol–water partition coefficient (Wildman–Crippen LogP) is 1.91. The largest absolute Gasteiger partial charge is 0.497 e. The summed E-state index contributed by atoms with van der Waals surface area (Å²) >= 11 is 0. The minimum absolute atomic E-state index is 0.151. The first-order chi connectivity index (χ1) is 9.01. The van der Waals surface area contributed by atoms with Crippen molar-refractivity contribution in [3.8, 4) is 5.75 Å². The van der Waals surface area contributed by atoms with Crippen molar-refractivity contribution in [2.75, 3.05) is 27.3 Å². The molecule has 0 heterocycles. The van der Waals surface area contributed by atoms with Gasteiger partial charge in [0.2, 0.25) is 0 Å². The van der Waals surface area contributed by atoms with Gasteiger partial charge in [0.1, 0.15) is 5.75 Å². The summed E-state index contributed by atoms with van der Waals surface area (Å²) in [5.74, 6) is 0.856. The minimum atomic E-state index is -0.460. The summed E-state index contributed by atoms with van der Waals surface area (Å²) in [5, 5.41) is 9.86. The Kier molecular flexibility index (Phi) is 6.84. The first-order valence-corrected chi connectivity index (χ1v) is 6.62. The number of nitrogens with zero attached hydrogens (tertiary/aromatic N) is 1. The molecule has 0 saturated heterocycles. The second kappa shape index (κ2) is 8.15. The smallest absolute Gasteiger partial charge is 0.119 e.